The molecule has 10 heteroatoms. The minimum absolute atomic E-state index is 0.245. The summed E-state index contributed by atoms with van der Waals surface area (Å²) in [5, 5.41) is 28.3. The first kappa shape index (κ1) is 44.4. The molecule has 47 heavy (non-hydrogen) atoms. The van der Waals surface area contributed by atoms with E-state index in [9.17, 15) is 0 Å². The van der Waals surface area contributed by atoms with E-state index in [1.807, 2.05) is 55.5 Å². The molecule has 1 unspecified atom stereocenters. The molecule has 0 amide bonds. The quantitative estimate of drug-likeness (QED) is 0.104. The van der Waals surface area contributed by atoms with Gasteiger partial charge in [0, 0.05) is 39.3 Å². The summed E-state index contributed by atoms with van der Waals surface area (Å²) in [4.78, 5) is 0. The normalized spacial score (nSPS) is 10.3. The molecule has 258 valence electrons. The van der Waals surface area contributed by atoms with Crippen molar-refractivity contribution in [2.75, 3.05) is 18.5 Å². The molecule has 1 atom stereocenters. The lowest BCUT2D eigenvalue weighted by molar-refractivity contribution is 0.304. The van der Waals surface area contributed by atoms with Crippen LogP contribution in [0.2, 0.25) is 15.1 Å². The zero-order valence-corrected chi connectivity index (χ0v) is 31.2. The van der Waals surface area contributed by atoms with Crippen molar-refractivity contribution in [1.82, 2.24) is 0 Å². The van der Waals surface area contributed by atoms with E-state index in [4.69, 9.17) is 65.6 Å². The van der Waals surface area contributed by atoms with Crippen molar-refractivity contribution in [3.63, 3.8) is 0 Å². The minimum atomic E-state index is 0.245. The van der Waals surface area contributed by atoms with Crippen molar-refractivity contribution < 1.29 is 14.6 Å². The number of halogens is 4. The van der Waals surface area contributed by atoms with E-state index in [0.717, 1.165) is 72.0 Å². The number of nitrogens with two attached hydrogens (primary N) is 1. The van der Waals surface area contributed by atoms with Crippen LogP contribution < -0.4 is 15.2 Å². The topological polar surface area (TPSA) is 112 Å². The lowest BCUT2D eigenvalue weighted by atomic mass is 10.1. The third-order valence-corrected chi connectivity index (χ3v) is 7.47. The van der Waals surface area contributed by atoms with Gasteiger partial charge in [0.15, 0.2) is 0 Å². The fourth-order valence-corrected chi connectivity index (χ4v) is 4.36. The third kappa shape index (κ3) is 30.4. The highest BCUT2D eigenvalue weighted by molar-refractivity contribution is 9.09. The second-order valence-electron chi connectivity index (χ2n) is 10.5. The number of phenols is 1. The highest BCUT2D eigenvalue weighted by atomic mass is 79.9. The van der Waals surface area contributed by atoms with Gasteiger partial charge in [0.1, 0.15) is 17.2 Å². The summed E-state index contributed by atoms with van der Waals surface area (Å²) in [7, 11) is 0. The Morgan fingerprint density at radius 3 is 1.38 bits per heavy atom. The van der Waals surface area contributed by atoms with Crippen molar-refractivity contribution in [3.8, 4) is 29.4 Å². The number of benzene rings is 3. The molecule has 0 saturated heterocycles. The summed E-state index contributed by atoms with van der Waals surface area (Å²) >= 11 is 20.3. The minimum Gasteiger partial charge on any atom is -0.508 e. The summed E-state index contributed by atoms with van der Waals surface area (Å²) in [6.45, 7) is 3.51. The van der Waals surface area contributed by atoms with Crippen LogP contribution in [0.3, 0.4) is 0 Å². The molecule has 0 spiro atoms. The molecule has 0 aliphatic carbocycles. The van der Waals surface area contributed by atoms with Gasteiger partial charge in [0.2, 0.25) is 0 Å². The Hall–Kier alpha value is -2.65. The van der Waals surface area contributed by atoms with Gasteiger partial charge < -0.3 is 20.3 Å². The number of alkyl halides is 1. The molecule has 0 aliphatic rings. The van der Waals surface area contributed by atoms with Gasteiger partial charge in [-0.25, -0.2) is 0 Å². The Labute approximate surface area is 305 Å². The third-order valence-electron chi connectivity index (χ3n) is 6.15. The van der Waals surface area contributed by atoms with Gasteiger partial charge in [-0.3, -0.25) is 0 Å². The van der Waals surface area contributed by atoms with Crippen LogP contribution in [0, 0.1) is 22.7 Å². The summed E-state index contributed by atoms with van der Waals surface area (Å²) in [6, 6.07) is 25.7. The molecular weight excluding hydrogens is 721 g/mol. The molecule has 0 aromatic heterocycles. The van der Waals surface area contributed by atoms with Crippen LogP contribution in [0.5, 0.6) is 17.2 Å². The van der Waals surface area contributed by atoms with E-state index in [2.05, 4.69) is 28.1 Å². The number of aromatic hydroxyl groups is 1. The van der Waals surface area contributed by atoms with Gasteiger partial charge in [-0.1, -0.05) is 70.0 Å². The Morgan fingerprint density at radius 1 is 0.638 bits per heavy atom. The van der Waals surface area contributed by atoms with Gasteiger partial charge in [0.25, 0.3) is 0 Å². The van der Waals surface area contributed by atoms with Crippen molar-refractivity contribution >= 4 is 50.7 Å². The molecule has 3 N–H and O–H groups in total. The van der Waals surface area contributed by atoms with Gasteiger partial charge in [0.05, 0.1) is 25.4 Å². The van der Waals surface area contributed by atoms with E-state index in [-0.39, 0.29) is 5.75 Å². The van der Waals surface area contributed by atoms with E-state index in [1.165, 1.54) is 25.7 Å². The van der Waals surface area contributed by atoms with Crippen molar-refractivity contribution in [1.29, 1.82) is 10.5 Å². The van der Waals surface area contributed by atoms with Crippen molar-refractivity contribution in [3.05, 3.63) is 87.9 Å². The highest BCUT2D eigenvalue weighted by Crippen LogP contribution is 2.17. The Morgan fingerprint density at radius 2 is 1.02 bits per heavy atom. The Balaban J connectivity index is 0.000000630. The van der Waals surface area contributed by atoms with Crippen LogP contribution >= 0.6 is 50.7 Å². The van der Waals surface area contributed by atoms with Gasteiger partial charge >= 0.3 is 0 Å². The lowest BCUT2D eigenvalue weighted by Crippen LogP contribution is -2.14. The SMILES string of the molecule is CC(N)CCCCCOc1ccc(Cl)cc1.N#CCCCCCBr.N#CCCCCCOc1ccc(Cl)cc1.Oc1ccc(Cl)cc1. The molecular formula is C37H49BrCl3N3O3. The van der Waals surface area contributed by atoms with Crippen LogP contribution in [-0.4, -0.2) is 29.7 Å². The second-order valence-corrected chi connectivity index (χ2v) is 12.6. The molecule has 3 aromatic carbocycles. The molecule has 0 fully saturated rings. The number of rotatable bonds is 17. The summed E-state index contributed by atoms with van der Waals surface area (Å²) in [5.41, 5.74) is 5.67. The fraction of sp³-hybridized carbons (Fsp3) is 0.459. The predicted molar refractivity (Wildman–Crippen MR) is 201 cm³/mol. The van der Waals surface area contributed by atoms with Crippen LogP contribution in [0.1, 0.15) is 84.0 Å². The lowest BCUT2D eigenvalue weighted by Gasteiger charge is -2.07. The predicted octanol–water partition coefficient (Wildman–Crippen LogP) is 11.9. The number of nitriles is 2. The molecule has 6 nitrogen and oxygen atoms in total. The molecule has 0 bridgehead atoms. The van der Waals surface area contributed by atoms with Crippen LogP contribution in [0.25, 0.3) is 0 Å². The van der Waals surface area contributed by atoms with Crippen molar-refractivity contribution in [2.45, 2.75) is 90.0 Å². The van der Waals surface area contributed by atoms with E-state index in [1.54, 1.807) is 24.3 Å². The van der Waals surface area contributed by atoms with Gasteiger partial charge in [-0.15, -0.1) is 0 Å². The first-order chi connectivity index (χ1) is 22.7. The van der Waals surface area contributed by atoms with Crippen molar-refractivity contribution in [2.24, 2.45) is 5.73 Å². The monoisotopic (exact) mass is 767 g/mol. The maximum atomic E-state index is 8.70. The number of hydrogen-bond acceptors (Lipinski definition) is 6. The first-order valence-corrected chi connectivity index (χ1v) is 18.2. The van der Waals surface area contributed by atoms with Gasteiger partial charge in [-0.2, -0.15) is 10.5 Å². The number of unbranched alkanes of at least 4 members (excludes halogenated alkanes) is 8. The Kier molecular flexibility index (Phi) is 30.1. The zero-order valence-electron chi connectivity index (χ0n) is 27.4. The smallest absolute Gasteiger partial charge is 0.119 e. The molecule has 0 aliphatic heterocycles. The standard InChI is InChI=1S/C13H20ClNO.C12H14ClNO.C6H10BrN.C6H5ClO/c1-11(15)5-3-2-4-10-16-13-8-6-12(14)7-9-13;13-11-5-7-12(8-6-11)15-10-4-2-1-3-9-14;7-5-3-1-2-4-6-8;7-5-1-3-6(8)4-2-5/h6-9,11H,2-5,10,15H2,1H3;5-8H,1-4,10H2;1-5H2;1-4,8H. The van der Waals surface area contributed by atoms with Crippen LogP contribution in [0.4, 0.5) is 0 Å². The average Bonchev–Trinajstić information content (AvgIpc) is 3.06. The summed E-state index contributed by atoms with van der Waals surface area (Å²) < 4.78 is 11.1. The zero-order chi connectivity index (χ0) is 35.0. The molecule has 3 aromatic rings. The Bertz CT molecular complexity index is 1200. The number of hydrogen-bond donors (Lipinski definition) is 2. The van der Waals surface area contributed by atoms with Gasteiger partial charge in [-0.05, 0) is 125 Å². The average molecular weight is 770 g/mol. The van der Waals surface area contributed by atoms with E-state index < -0.39 is 0 Å². The van der Waals surface area contributed by atoms with Crippen LogP contribution in [-0.2, 0) is 0 Å². The molecule has 0 saturated carbocycles. The van der Waals surface area contributed by atoms with Crippen LogP contribution in [0.15, 0.2) is 72.8 Å². The number of nitrogens with zero attached hydrogens (tertiary/aromatic N) is 2. The fourth-order valence-electron chi connectivity index (χ4n) is 3.59. The molecule has 0 heterocycles. The molecule has 3 rings (SSSR count). The van der Waals surface area contributed by atoms with E-state index >= 15 is 0 Å². The number of phenolic OH excluding ortho intramolecular Hbond substituents is 1. The van der Waals surface area contributed by atoms with E-state index in [0.29, 0.717) is 30.5 Å². The maximum absolute atomic E-state index is 8.70. The highest BCUT2D eigenvalue weighted by Gasteiger charge is 1.97. The number of ether oxygens (including phenoxy) is 2. The largest absolute Gasteiger partial charge is 0.508 e. The molecule has 0 radical (unpaired) electrons. The second kappa shape index (κ2) is 31.9. The maximum Gasteiger partial charge on any atom is 0.119 e. The first-order valence-electron chi connectivity index (χ1n) is 16.0. The summed E-state index contributed by atoms with van der Waals surface area (Å²) in [5.74, 6) is 1.98. The summed E-state index contributed by atoms with van der Waals surface area (Å²) in [6.07, 6.45) is 12.3.